The fourth-order valence-corrected chi connectivity index (χ4v) is 1.68. The lowest BCUT2D eigenvalue weighted by Crippen LogP contribution is -2.11. The minimum absolute atomic E-state index is 0.0966. The van der Waals surface area contributed by atoms with Crippen molar-refractivity contribution < 1.29 is 4.42 Å². The maximum atomic E-state index is 5.92. The van der Waals surface area contributed by atoms with E-state index in [-0.39, 0.29) is 6.04 Å². The average Bonchev–Trinajstić information content (AvgIpc) is 2.74. The summed E-state index contributed by atoms with van der Waals surface area (Å²) in [5, 5.41) is 0. The van der Waals surface area contributed by atoms with Crippen molar-refractivity contribution in [3.05, 3.63) is 22.6 Å². The van der Waals surface area contributed by atoms with Crippen molar-refractivity contribution in [1.29, 1.82) is 0 Å². The van der Waals surface area contributed by atoms with Gasteiger partial charge in [-0.3, -0.25) is 0 Å². The molecule has 1 aromatic rings. The van der Waals surface area contributed by atoms with Crippen LogP contribution in [0, 0.1) is 5.92 Å². The molecule has 1 aliphatic rings. The molecule has 0 bridgehead atoms. The Bertz CT molecular complexity index is 254. The highest BCUT2D eigenvalue weighted by molar-refractivity contribution is 9.10. The molecule has 0 radical (unpaired) electrons. The second kappa shape index (κ2) is 2.64. The molecule has 2 nitrogen and oxygen atoms in total. The van der Waals surface area contributed by atoms with Crippen LogP contribution in [-0.2, 0) is 0 Å². The van der Waals surface area contributed by atoms with E-state index in [0.29, 0.717) is 5.92 Å². The lowest BCUT2D eigenvalue weighted by molar-refractivity contribution is 0.440. The van der Waals surface area contributed by atoms with Gasteiger partial charge in [-0.05, 0) is 40.8 Å². The van der Waals surface area contributed by atoms with Gasteiger partial charge in [0.2, 0.25) is 0 Å². The SMILES string of the molecule is N[C@@H](c1occc1Br)C1CC1. The van der Waals surface area contributed by atoms with Crippen LogP contribution in [0.25, 0.3) is 0 Å². The molecule has 0 spiro atoms. The summed E-state index contributed by atoms with van der Waals surface area (Å²) in [6, 6.07) is 1.98. The van der Waals surface area contributed by atoms with Crippen LogP contribution in [0.2, 0.25) is 0 Å². The lowest BCUT2D eigenvalue weighted by atomic mass is 10.1. The molecule has 0 aliphatic heterocycles. The highest BCUT2D eigenvalue weighted by Gasteiger charge is 2.32. The van der Waals surface area contributed by atoms with Crippen molar-refractivity contribution in [2.45, 2.75) is 18.9 Å². The van der Waals surface area contributed by atoms with Crippen molar-refractivity contribution in [3.63, 3.8) is 0 Å². The van der Waals surface area contributed by atoms with Crippen LogP contribution < -0.4 is 5.73 Å². The number of furan rings is 1. The third-order valence-electron chi connectivity index (χ3n) is 2.08. The zero-order valence-electron chi connectivity index (χ0n) is 6.09. The Kier molecular flexibility index (Phi) is 1.77. The Balaban J connectivity index is 2.20. The first-order chi connectivity index (χ1) is 5.29. The van der Waals surface area contributed by atoms with Gasteiger partial charge < -0.3 is 10.2 Å². The van der Waals surface area contributed by atoms with E-state index >= 15 is 0 Å². The van der Waals surface area contributed by atoms with E-state index < -0.39 is 0 Å². The minimum atomic E-state index is 0.0966. The zero-order valence-corrected chi connectivity index (χ0v) is 7.67. The summed E-state index contributed by atoms with van der Waals surface area (Å²) in [4.78, 5) is 0. The minimum Gasteiger partial charge on any atom is -0.466 e. The van der Waals surface area contributed by atoms with E-state index in [2.05, 4.69) is 15.9 Å². The Morgan fingerprint density at radius 3 is 2.82 bits per heavy atom. The number of hydrogen-bond acceptors (Lipinski definition) is 2. The van der Waals surface area contributed by atoms with Crippen LogP contribution >= 0.6 is 15.9 Å². The van der Waals surface area contributed by atoms with Crippen LogP contribution in [0.15, 0.2) is 21.2 Å². The molecule has 11 heavy (non-hydrogen) atoms. The second-order valence-corrected chi connectivity index (χ2v) is 3.85. The van der Waals surface area contributed by atoms with Gasteiger partial charge in [-0.2, -0.15) is 0 Å². The molecule has 1 aliphatic carbocycles. The largest absolute Gasteiger partial charge is 0.466 e. The predicted molar refractivity (Wildman–Crippen MR) is 46.1 cm³/mol. The molecule has 2 rings (SSSR count). The Labute approximate surface area is 73.9 Å². The highest BCUT2D eigenvalue weighted by Crippen LogP contribution is 2.41. The molecule has 0 amide bonds. The summed E-state index contributed by atoms with van der Waals surface area (Å²) in [7, 11) is 0. The van der Waals surface area contributed by atoms with Crippen LogP contribution in [0.4, 0.5) is 0 Å². The summed E-state index contributed by atoms with van der Waals surface area (Å²) in [6.45, 7) is 0. The van der Waals surface area contributed by atoms with E-state index in [1.54, 1.807) is 6.26 Å². The monoisotopic (exact) mass is 215 g/mol. The Morgan fingerprint density at radius 1 is 1.64 bits per heavy atom. The first kappa shape index (κ1) is 7.37. The van der Waals surface area contributed by atoms with E-state index in [9.17, 15) is 0 Å². The molecule has 3 heteroatoms. The average molecular weight is 216 g/mol. The van der Waals surface area contributed by atoms with E-state index in [1.807, 2.05) is 6.07 Å². The third-order valence-corrected chi connectivity index (χ3v) is 2.73. The van der Waals surface area contributed by atoms with Crippen molar-refractivity contribution >= 4 is 15.9 Å². The maximum absolute atomic E-state index is 5.92. The molecule has 0 aromatic carbocycles. The van der Waals surface area contributed by atoms with Gasteiger partial charge in [-0.25, -0.2) is 0 Å². The van der Waals surface area contributed by atoms with Crippen molar-refractivity contribution in [2.24, 2.45) is 11.7 Å². The lowest BCUT2D eigenvalue weighted by Gasteiger charge is -2.06. The maximum Gasteiger partial charge on any atom is 0.134 e. The number of nitrogens with two attached hydrogens (primary N) is 1. The van der Waals surface area contributed by atoms with Crippen LogP contribution in [0.1, 0.15) is 24.6 Å². The topological polar surface area (TPSA) is 39.2 Å². The van der Waals surface area contributed by atoms with Gasteiger partial charge in [-0.15, -0.1) is 0 Å². The van der Waals surface area contributed by atoms with Crippen molar-refractivity contribution in [2.75, 3.05) is 0 Å². The smallest absolute Gasteiger partial charge is 0.134 e. The zero-order chi connectivity index (χ0) is 7.84. The van der Waals surface area contributed by atoms with Gasteiger partial charge in [0.15, 0.2) is 0 Å². The Hall–Kier alpha value is -0.280. The highest BCUT2D eigenvalue weighted by atomic mass is 79.9. The third kappa shape index (κ3) is 1.35. The first-order valence-corrected chi connectivity index (χ1v) is 4.57. The van der Waals surface area contributed by atoms with Crippen molar-refractivity contribution in [3.8, 4) is 0 Å². The summed E-state index contributed by atoms with van der Waals surface area (Å²) < 4.78 is 6.25. The van der Waals surface area contributed by atoms with Gasteiger partial charge >= 0.3 is 0 Å². The summed E-state index contributed by atoms with van der Waals surface area (Å²) in [5.41, 5.74) is 5.92. The van der Waals surface area contributed by atoms with Crippen LogP contribution in [-0.4, -0.2) is 0 Å². The van der Waals surface area contributed by atoms with Crippen LogP contribution in [0.5, 0.6) is 0 Å². The van der Waals surface area contributed by atoms with E-state index in [0.717, 1.165) is 10.2 Å². The normalized spacial score (nSPS) is 20.2. The molecule has 1 saturated carbocycles. The van der Waals surface area contributed by atoms with Crippen LogP contribution in [0.3, 0.4) is 0 Å². The predicted octanol–water partition coefficient (Wildman–Crippen LogP) is 2.45. The molecule has 1 atom stereocenters. The summed E-state index contributed by atoms with van der Waals surface area (Å²) in [5.74, 6) is 1.55. The molecule has 2 N–H and O–H groups in total. The number of hydrogen-bond donors (Lipinski definition) is 1. The number of rotatable bonds is 2. The van der Waals surface area contributed by atoms with Gasteiger partial charge in [0.1, 0.15) is 5.76 Å². The fourth-order valence-electron chi connectivity index (χ4n) is 1.21. The summed E-state index contributed by atoms with van der Waals surface area (Å²) in [6.07, 6.45) is 4.16. The van der Waals surface area contributed by atoms with E-state index in [1.165, 1.54) is 12.8 Å². The number of halogens is 1. The molecule has 0 saturated heterocycles. The van der Waals surface area contributed by atoms with Gasteiger partial charge in [0.05, 0.1) is 16.8 Å². The molecule has 1 aromatic heterocycles. The molecular weight excluding hydrogens is 206 g/mol. The van der Waals surface area contributed by atoms with Crippen molar-refractivity contribution in [1.82, 2.24) is 0 Å². The first-order valence-electron chi connectivity index (χ1n) is 3.77. The molecule has 0 unspecified atom stereocenters. The second-order valence-electron chi connectivity index (χ2n) is 3.00. The Morgan fingerprint density at radius 2 is 2.36 bits per heavy atom. The fraction of sp³-hybridized carbons (Fsp3) is 0.500. The standard InChI is InChI=1S/C8H10BrNO/c9-6-3-4-11-8(6)7(10)5-1-2-5/h3-5,7H,1-2,10H2/t7-/m1/s1. The molecule has 1 fully saturated rings. The molecule has 60 valence electrons. The van der Waals surface area contributed by atoms with Gasteiger partial charge in [-0.1, -0.05) is 0 Å². The summed E-state index contributed by atoms with van der Waals surface area (Å²) >= 11 is 3.39. The molecular formula is C8H10BrNO. The van der Waals surface area contributed by atoms with Gasteiger partial charge in [0, 0.05) is 0 Å². The molecule has 1 heterocycles. The quantitative estimate of drug-likeness (QED) is 0.824. The van der Waals surface area contributed by atoms with E-state index in [4.69, 9.17) is 10.2 Å². The van der Waals surface area contributed by atoms with Gasteiger partial charge in [0.25, 0.3) is 0 Å².